The Morgan fingerprint density at radius 2 is 2.35 bits per heavy atom. The Balaban J connectivity index is 1.94. The molecule has 20 heavy (non-hydrogen) atoms. The first-order chi connectivity index (χ1) is 9.72. The lowest BCUT2D eigenvalue weighted by Crippen LogP contribution is -2.26. The van der Waals surface area contributed by atoms with Crippen LogP contribution in [0.15, 0.2) is 22.7 Å². The first kappa shape index (κ1) is 15.8. The third-order valence-corrected chi connectivity index (χ3v) is 5.22. The first-order valence-electron chi connectivity index (χ1n) is 6.83. The highest BCUT2D eigenvalue weighted by Gasteiger charge is 2.23. The molecule has 2 rings (SSSR count). The van der Waals surface area contributed by atoms with Gasteiger partial charge in [0.15, 0.2) is 0 Å². The number of nitrogens with one attached hydrogen (secondary N) is 1. The van der Waals surface area contributed by atoms with Crippen LogP contribution in [0.1, 0.15) is 24.8 Å². The van der Waals surface area contributed by atoms with E-state index in [1.165, 1.54) is 19.3 Å². The Hall–Kier alpha value is -0.630. The van der Waals surface area contributed by atoms with Gasteiger partial charge < -0.3 is 10.1 Å². The maximum atomic E-state index is 5.60. The highest BCUT2D eigenvalue weighted by molar-refractivity contribution is 9.10. The third kappa shape index (κ3) is 4.44. The minimum atomic E-state index is 0.312. The fourth-order valence-corrected chi connectivity index (χ4v) is 3.75. The maximum Gasteiger partial charge on any atom is 0.148 e. The maximum absolute atomic E-state index is 5.60. The normalized spacial score (nSPS) is 21.6. The first-order valence-corrected chi connectivity index (χ1v) is 8.92. The average Bonchev–Trinajstić information content (AvgIpc) is 2.92. The van der Waals surface area contributed by atoms with Gasteiger partial charge in [-0.2, -0.15) is 11.8 Å². The molecule has 108 valence electrons. The molecule has 1 N–H and O–H groups in total. The molecule has 0 amide bonds. The molecule has 0 aromatic heterocycles. The molecule has 0 radical (unpaired) electrons. The van der Waals surface area contributed by atoms with E-state index in [0.29, 0.717) is 12.6 Å². The third-order valence-electron chi connectivity index (χ3n) is 3.63. The molecule has 2 nitrogen and oxygen atoms in total. The molecule has 4 heteroatoms. The van der Waals surface area contributed by atoms with Crippen LogP contribution < -0.4 is 10.1 Å². The van der Waals surface area contributed by atoms with Crippen molar-refractivity contribution in [1.82, 2.24) is 5.32 Å². The number of benzene rings is 1. The van der Waals surface area contributed by atoms with Gasteiger partial charge in [-0.3, -0.25) is 0 Å². The number of rotatable bonds is 6. The van der Waals surface area contributed by atoms with Gasteiger partial charge in [-0.05, 0) is 43.7 Å². The van der Waals surface area contributed by atoms with Gasteiger partial charge in [-0.1, -0.05) is 21.9 Å². The summed E-state index contributed by atoms with van der Waals surface area (Å²) in [6.45, 7) is 1.14. The summed E-state index contributed by atoms with van der Waals surface area (Å²) >= 11 is 5.49. The van der Waals surface area contributed by atoms with Crippen molar-refractivity contribution in [2.75, 3.05) is 12.9 Å². The Bertz CT molecular complexity index is 486. The smallest absolute Gasteiger partial charge is 0.148 e. The fourth-order valence-electron chi connectivity index (χ4n) is 2.54. The van der Waals surface area contributed by atoms with E-state index in [-0.39, 0.29) is 0 Å². The second-order valence-electron chi connectivity index (χ2n) is 4.99. The molecule has 1 aliphatic rings. The van der Waals surface area contributed by atoms with Crippen molar-refractivity contribution in [2.45, 2.75) is 37.1 Å². The molecule has 0 aliphatic heterocycles. The van der Waals surface area contributed by atoms with E-state index < -0.39 is 0 Å². The van der Waals surface area contributed by atoms with Crippen LogP contribution in [0.5, 0.6) is 5.75 Å². The van der Waals surface area contributed by atoms with Crippen molar-refractivity contribution in [1.29, 1.82) is 0 Å². The monoisotopic (exact) mass is 353 g/mol. The van der Waals surface area contributed by atoms with Crippen LogP contribution in [0.3, 0.4) is 0 Å². The lowest BCUT2D eigenvalue weighted by atomic mass is 10.1. The van der Waals surface area contributed by atoms with E-state index in [1.807, 2.05) is 23.9 Å². The molecule has 1 aromatic rings. The number of hydrogen-bond donors (Lipinski definition) is 1. The Kier molecular flexibility index (Phi) is 6.28. The van der Waals surface area contributed by atoms with Crippen LogP contribution in [0.2, 0.25) is 0 Å². The van der Waals surface area contributed by atoms with Crippen molar-refractivity contribution < 1.29 is 4.74 Å². The van der Waals surface area contributed by atoms with Crippen molar-refractivity contribution in [3.05, 3.63) is 28.2 Å². The average molecular weight is 354 g/mol. The van der Waals surface area contributed by atoms with Crippen LogP contribution in [-0.2, 0) is 6.54 Å². The van der Waals surface area contributed by atoms with Crippen LogP contribution >= 0.6 is 27.7 Å². The van der Waals surface area contributed by atoms with Gasteiger partial charge in [0.1, 0.15) is 12.4 Å². The van der Waals surface area contributed by atoms with Crippen LogP contribution in [0, 0.1) is 12.3 Å². The molecular formula is C16H20BrNOS. The number of ether oxygens (including phenoxy) is 1. The summed E-state index contributed by atoms with van der Waals surface area (Å²) in [4.78, 5) is 0. The number of thioether (sulfide) groups is 1. The Morgan fingerprint density at radius 3 is 3.05 bits per heavy atom. The fraction of sp³-hybridized carbons (Fsp3) is 0.500. The molecule has 1 saturated carbocycles. The molecule has 2 unspecified atom stereocenters. The quantitative estimate of drug-likeness (QED) is 0.785. The topological polar surface area (TPSA) is 21.3 Å². The number of halogens is 1. The summed E-state index contributed by atoms with van der Waals surface area (Å²) in [7, 11) is 0. The molecule has 0 spiro atoms. The molecule has 0 heterocycles. The molecule has 0 bridgehead atoms. The molecule has 0 saturated heterocycles. The lowest BCUT2D eigenvalue weighted by molar-refractivity contribution is 0.363. The van der Waals surface area contributed by atoms with Gasteiger partial charge in [0.2, 0.25) is 0 Å². The summed E-state index contributed by atoms with van der Waals surface area (Å²) in [5, 5.41) is 4.45. The summed E-state index contributed by atoms with van der Waals surface area (Å²) in [5.41, 5.74) is 1.15. The van der Waals surface area contributed by atoms with E-state index in [1.54, 1.807) is 0 Å². The van der Waals surface area contributed by atoms with Crippen molar-refractivity contribution in [3.8, 4) is 18.1 Å². The van der Waals surface area contributed by atoms with Gasteiger partial charge >= 0.3 is 0 Å². The van der Waals surface area contributed by atoms with Gasteiger partial charge in [0.25, 0.3) is 0 Å². The Labute approximate surface area is 134 Å². The summed E-state index contributed by atoms with van der Waals surface area (Å²) in [6, 6.07) is 6.67. The van der Waals surface area contributed by atoms with Crippen molar-refractivity contribution in [2.24, 2.45) is 0 Å². The highest BCUT2D eigenvalue weighted by Crippen LogP contribution is 2.29. The van der Waals surface area contributed by atoms with E-state index >= 15 is 0 Å². The van der Waals surface area contributed by atoms with E-state index in [9.17, 15) is 0 Å². The summed E-state index contributed by atoms with van der Waals surface area (Å²) in [5.74, 6) is 3.38. The number of hydrogen-bond acceptors (Lipinski definition) is 3. The van der Waals surface area contributed by atoms with E-state index in [4.69, 9.17) is 11.2 Å². The zero-order chi connectivity index (χ0) is 14.4. The standard InChI is InChI=1S/C16H20BrNOS/c1-3-8-19-16-7-4-13(17)9-12(16)11-18-14-5-6-15(10-14)20-2/h1,4,7,9,14-15,18H,5-6,8,10-11H2,2H3. The zero-order valence-corrected chi connectivity index (χ0v) is 14.1. The van der Waals surface area contributed by atoms with Crippen LogP contribution in [0.4, 0.5) is 0 Å². The van der Waals surface area contributed by atoms with Crippen LogP contribution in [0.25, 0.3) is 0 Å². The van der Waals surface area contributed by atoms with Gasteiger partial charge in [-0.15, -0.1) is 6.42 Å². The van der Waals surface area contributed by atoms with E-state index in [0.717, 1.165) is 27.6 Å². The predicted molar refractivity (Wildman–Crippen MR) is 90.3 cm³/mol. The minimum Gasteiger partial charge on any atom is -0.481 e. The van der Waals surface area contributed by atoms with Crippen LogP contribution in [-0.4, -0.2) is 24.2 Å². The second-order valence-corrected chi connectivity index (χ2v) is 7.05. The molecule has 2 atom stereocenters. The van der Waals surface area contributed by atoms with Gasteiger partial charge in [0, 0.05) is 27.9 Å². The lowest BCUT2D eigenvalue weighted by Gasteiger charge is -2.15. The van der Waals surface area contributed by atoms with Gasteiger partial charge in [0.05, 0.1) is 0 Å². The predicted octanol–water partition coefficient (Wildman–Crippen LogP) is 3.83. The highest BCUT2D eigenvalue weighted by atomic mass is 79.9. The number of terminal acetylenes is 1. The molecule has 1 fully saturated rings. The van der Waals surface area contributed by atoms with Crippen molar-refractivity contribution >= 4 is 27.7 Å². The molecule has 1 aromatic carbocycles. The SMILES string of the molecule is C#CCOc1ccc(Br)cc1CNC1CCC(SC)C1. The molecular weight excluding hydrogens is 334 g/mol. The van der Waals surface area contributed by atoms with Gasteiger partial charge in [-0.25, -0.2) is 0 Å². The minimum absolute atomic E-state index is 0.312. The Morgan fingerprint density at radius 1 is 1.50 bits per heavy atom. The van der Waals surface area contributed by atoms with Crippen molar-refractivity contribution in [3.63, 3.8) is 0 Å². The largest absolute Gasteiger partial charge is 0.481 e. The zero-order valence-electron chi connectivity index (χ0n) is 11.7. The summed E-state index contributed by atoms with van der Waals surface area (Å²) < 4.78 is 6.66. The summed E-state index contributed by atoms with van der Waals surface area (Å²) in [6.07, 6.45) is 11.3. The van der Waals surface area contributed by atoms with E-state index in [2.05, 4.69) is 39.5 Å². The second kappa shape index (κ2) is 7.97. The molecule has 1 aliphatic carbocycles.